The minimum atomic E-state index is 0. The maximum absolute atomic E-state index is 5.38. The average molecular weight is 193 g/mol. The van der Waals surface area contributed by atoms with Crippen molar-refractivity contribution in [1.82, 2.24) is 0 Å². The zero-order valence-corrected chi connectivity index (χ0v) is 9.56. The first-order chi connectivity index (χ1) is 5.27. The maximum Gasteiger partial charge on any atom is 0.0465 e. The van der Waals surface area contributed by atoms with Gasteiger partial charge < -0.3 is 4.74 Å². The Morgan fingerprint density at radius 2 is 1.75 bits per heavy atom. The summed E-state index contributed by atoms with van der Waals surface area (Å²) in [5.41, 5.74) is 0. The fourth-order valence-electron chi connectivity index (χ4n) is 0.929. The first-order valence-electron chi connectivity index (χ1n) is 4.64. The first kappa shape index (κ1) is 14.6. The number of hydrogen-bond donors (Lipinski definition) is 0. The standard InChI is InChI=1S/C9H21OSi.FH/c1-4-7-10-8-5-6-9-11(2)3;/h4-9H2,1-3H3;1H. The Hall–Kier alpha value is 0.107. The molecule has 0 aromatic heterocycles. The lowest BCUT2D eigenvalue weighted by molar-refractivity contribution is 0.132. The molecule has 0 heterocycles. The summed E-state index contributed by atoms with van der Waals surface area (Å²) in [5, 5.41) is 0. The van der Waals surface area contributed by atoms with Gasteiger partial charge in [-0.05, 0) is 12.8 Å². The van der Waals surface area contributed by atoms with Gasteiger partial charge in [-0.25, -0.2) is 0 Å². The predicted molar refractivity (Wildman–Crippen MR) is 55.1 cm³/mol. The molecule has 0 N–H and O–H groups in total. The van der Waals surface area contributed by atoms with Crippen molar-refractivity contribution in [2.75, 3.05) is 13.2 Å². The van der Waals surface area contributed by atoms with Gasteiger partial charge in [0.2, 0.25) is 0 Å². The number of rotatable bonds is 7. The molecular weight excluding hydrogens is 171 g/mol. The second-order valence-electron chi connectivity index (χ2n) is 3.28. The molecule has 0 aliphatic rings. The summed E-state index contributed by atoms with van der Waals surface area (Å²) in [6.07, 6.45) is 3.78. The molecule has 0 aromatic carbocycles. The van der Waals surface area contributed by atoms with Gasteiger partial charge in [-0.2, -0.15) is 0 Å². The van der Waals surface area contributed by atoms with Crippen LogP contribution in [0.4, 0.5) is 4.70 Å². The Kier molecular flexibility index (Phi) is 13.5. The van der Waals surface area contributed by atoms with E-state index in [0.29, 0.717) is 0 Å². The molecule has 0 saturated heterocycles. The van der Waals surface area contributed by atoms with E-state index in [1.165, 1.54) is 18.9 Å². The van der Waals surface area contributed by atoms with Crippen LogP contribution in [-0.4, -0.2) is 22.0 Å². The highest BCUT2D eigenvalue weighted by molar-refractivity contribution is 6.55. The molecule has 0 fully saturated rings. The third-order valence-electron chi connectivity index (χ3n) is 1.56. The largest absolute Gasteiger partial charge is 0.381 e. The van der Waals surface area contributed by atoms with Crippen LogP contribution in [-0.2, 0) is 4.74 Å². The molecule has 0 rings (SSSR count). The molecule has 0 saturated carbocycles. The predicted octanol–water partition coefficient (Wildman–Crippen LogP) is 3.10. The van der Waals surface area contributed by atoms with Gasteiger partial charge in [0.1, 0.15) is 0 Å². The fraction of sp³-hybridized carbons (Fsp3) is 1.00. The van der Waals surface area contributed by atoms with Crippen LogP contribution in [0, 0.1) is 0 Å². The molecule has 75 valence electrons. The van der Waals surface area contributed by atoms with E-state index < -0.39 is 0 Å². The molecule has 0 aromatic rings. The molecule has 3 heteroatoms. The van der Waals surface area contributed by atoms with Crippen molar-refractivity contribution in [2.24, 2.45) is 0 Å². The highest BCUT2D eigenvalue weighted by atomic mass is 28.3. The van der Waals surface area contributed by atoms with Gasteiger partial charge in [-0.1, -0.05) is 32.5 Å². The molecule has 0 bridgehead atoms. The van der Waals surface area contributed by atoms with Crippen LogP contribution in [0.5, 0.6) is 0 Å². The van der Waals surface area contributed by atoms with E-state index >= 15 is 0 Å². The molecule has 0 unspecified atom stereocenters. The number of ether oxygens (including phenoxy) is 1. The molecular formula is C9H22FOSi. The van der Waals surface area contributed by atoms with Crippen LogP contribution >= 0.6 is 0 Å². The van der Waals surface area contributed by atoms with Crippen LogP contribution in [0.25, 0.3) is 0 Å². The normalized spacial score (nSPS) is 10.0. The van der Waals surface area contributed by atoms with Crippen molar-refractivity contribution in [3.05, 3.63) is 0 Å². The van der Waals surface area contributed by atoms with E-state index in [2.05, 4.69) is 20.0 Å². The van der Waals surface area contributed by atoms with E-state index in [4.69, 9.17) is 4.74 Å². The molecule has 0 aliphatic heterocycles. The van der Waals surface area contributed by atoms with Crippen molar-refractivity contribution < 1.29 is 9.44 Å². The summed E-state index contributed by atoms with van der Waals surface area (Å²) >= 11 is 0. The Morgan fingerprint density at radius 1 is 1.08 bits per heavy atom. The summed E-state index contributed by atoms with van der Waals surface area (Å²) in [6.45, 7) is 8.81. The average Bonchev–Trinajstić information content (AvgIpc) is 1.96. The molecule has 0 aliphatic carbocycles. The Morgan fingerprint density at radius 3 is 2.25 bits per heavy atom. The van der Waals surface area contributed by atoms with Gasteiger partial charge in [-0.15, -0.1) is 0 Å². The Labute approximate surface area is 77.5 Å². The summed E-state index contributed by atoms with van der Waals surface area (Å²) < 4.78 is 5.38. The third kappa shape index (κ3) is 12.8. The molecule has 12 heavy (non-hydrogen) atoms. The molecule has 0 amide bonds. The lowest BCUT2D eigenvalue weighted by Gasteiger charge is -2.03. The summed E-state index contributed by atoms with van der Waals surface area (Å²) in [4.78, 5) is 0. The highest BCUT2D eigenvalue weighted by Crippen LogP contribution is 2.01. The van der Waals surface area contributed by atoms with Crippen LogP contribution in [0.15, 0.2) is 0 Å². The smallest absolute Gasteiger partial charge is 0.0465 e. The van der Waals surface area contributed by atoms with Crippen molar-refractivity contribution in [3.8, 4) is 0 Å². The van der Waals surface area contributed by atoms with Crippen molar-refractivity contribution >= 4 is 8.80 Å². The van der Waals surface area contributed by atoms with Crippen molar-refractivity contribution in [2.45, 2.75) is 45.3 Å². The van der Waals surface area contributed by atoms with E-state index in [-0.39, 0.29) is 13.5 Å². The number of halogens is 1. The Balaban J connectivity index is 0. The highest BCUT2D eigenvalue weighted by Gasteiger charge is 1.94. The minimum Gasteiger partial charge on any atom is -0.381 e. The first-order valence-corrected chi connectivity index (χ1v) is 7.35. The summed E-state index contributed by atoms with van der Waals surface area (Å²) in [7, 11) is 0.0173. The SMILES string of the molecule is CCCOCCCC[Si](C)C.F. The van der Waals surface area contributed by atoms with Gasteiger partial charge in [0.15, 0.2) is 0 Å². The lowest BCUT2D eigenvalue weighted by Crippen LogP contribution is -2.00. The van der Waals surface area contributed by atoms with E-state index in [0.717, 1.165) is 19.6 Å². The van der Waals surface area contributed by atoms with Crippen LogP contribution in [0.2, 0.25) is 19.1 Å². The van der Waals surface area contributed by atoms with E-state index in [1.54, 1.807) is 0 Å². The fourth-order valence-corrected chi connectivity index (χ4v) is 1.89. The number of unbranched alkanes of at least 4 members (excludes halogenated alkanes) is 1. The quantitative estimate of drug-likeness (QED) is 0.446. The van der Waals surface area contributed by atoms with Gasteiger partial charge in [0.05, 0.1) is 0 Å². The van der Waals surface area contributed by atoms with Gasteiger partial charge in [0, 0.05) is 22.0 Å². The zero-order valence-electron chi connectivity index (χ0n) is 8.56. The van der Waals surface area contributed by atoms with E-state index in [9.17, 15) is 0 Å². The maximum atomic E-state index is 5.38. The topological polar surface area (TPSA) is 9.23 Å². The van der Waals surface area contributed by atoms with Gasteiger partial charge >= 0.3 is 0 Å². The molecule has 1 radical (unpaired) electrons. The zero-order chi connectivity index (χ0) is 8.53. The lowest BCUT2D eigenvalue weighted by atomic mass is 10.3. The molecule has 1 nitrogen and oxygen atoms in total. The third-order valence-corrected chi connectivity index (χ3v) is 2.92. The molecule has 0 spiro atoms. The summed E-state index contributed by atoms with van der Waals surface area (Å²) in [5.74, 6) is 0. The second kappa shape index (κ2) is 11.1. The van der Waals surface area contributed by atoms with Gasteiger partial charge in [-0.3, -0.25) is 4.70 Å². The molecule has 0 atom stereocenters. The minimum absolute atomic E-state index is 0. The van der Waals surface area contributed by atoms with Gasteiger partial charge in [0.25, 0.3) is 0 Å². The summed E-state index contributed by atoms with van der Waals surface area (Å²) in [6, 6.07) is 1.44. The van der Waals surface area contributed by atoms with Crippen molar-refractivity contribution in [1.29, 1.82) is 0 Å². The second-order valence-corrected chi connectivity index (χ2v) is 6.19. The number of hydrogen-bond acceptors (Lipinski definition) is 1. The van der Waals surface area contributed by atoms with E-state index in [1.807, 2.05) is 0 Å². The van der Waals surface area contributed by atoms with Crippen LogP contribution < -0.4 is 0 Å². The monoisotopic (exact) mass is 193 g/mol. The van der Waals surface area contributed by atoms with Crippen LogP contribution in [0.3, 0.4) is 0 Å². The van der Waals surface area contributed by atoms with Crippen LogP contribution in [0.1, 0.15) is 26.2 Å². The Bertz CT molecular complexity index is 78.9. The van der Waals surface area contributed by atoms with Crippen molar-refractivity contribution in [3.63, 3.8) is 0 Å².